The summed E-state index contributed by atoms with van der Waals surface area (Å²) in [5.41, 5.74) is 3.72. The Morgan fingerprint density at radius 1 is 1.16 bits per heavy atom. The van der Waals surface area contributed by atoms with Crippen LogP contribution < -0.4 is 0 Å². The molecule has 2 saturated carbocycles. The zero-order chi connectivity index (χ0) is 17.8. The SMILES string of the molecule is C[C@H](CO)[C@H]1CC[C@H]2[C@@H]3CCc4cc(O)c(CO)cc4[C@H]3CC[C@]12C. The Hall–Kier alpha value is -1.06. The Bertz CT molecular complexity index is 655. The van der Waals surface area contributed by atoms with Crippen LogP contribution in [0.2, 0.25) is 0 Å². The molecule has 1 aromatic rings. The summed E-state index contributed by atoms with van der Waals surface area (Å²) >= 11 is 0. The van der Waals surface area contributed by atoms with Crippen LogP contribution in [-0.4, -0.2) is 21.9 Å². The Balaban J connectivity index is 1.66. The number of aliphatic hydroxyl groups excluding tert-OH is 2. The van der Waals surface area contributed by atoms with E-state index in [9.17, 15) is 15.3 Å². The lowest BCUT2D eigenvalue weighted by Crippen LogP contribution is -2.44. The third-order valence-corrected chi connectivity index (χ3v) is 8.14. The van der Waals surface area contributed by atoms with Crippen LogP contribution in [0.3, 0.4) is 0 Å². The van der Waals surface area contributed by atoms with Gasteiger partial charge in [0.2, 0.25) is 0 Å². The van der Waals surface area contributed by atoms with E-state index in [-0.39, 0.29) is 12.4 Å². The molecule has 0 aliphatic heterocycles. The molecule has 0 radical (unpaired) electrons. The summed E-state index contributed by atoms with van der Waals surface area (Å²) in [6.07, 6.45) is 7.26. The van der Waals surface area contributed by atoms with Crippen molar-refractivity contribution in [2.24, 2.45) is 29.1 Å². The van der Waals surface area contributed by atoms with Gasteiger partial charge in [-0.05, 0) is 96.8 Å². The van der Waals surface area contributed by atoms with Gasteiger partial charge in [0, 0.05) is 12.2 Å². The fourth-order valence-corrected chi connectivity index (χ4v) is 6.88. The van der Waals surface area contributed by atoms with Crippen molar-refractivity contribution in [1.82, 2.24) is 0 Å². The van der Waals surface area contributed by atoms with Crippen LogP contribution in [0.1, 0.15) is 68.6 Å². The van der Waals surface area contributed by atoms with E-state index in [0.29, 0.717) is 35.3 Å². The Labute approximate surface area is 151 Å². The summed E-state index contributed by atoms with van der Waals surface area (Å²) < 4.78 is 0. The van der Waals surface area contributed by atoms with E-state index in [1.807, 2.05) is 6.07 Å². The van der Waals surface area contributed by atoms with Gasteiger partial charge in [0.05, 0.1) is 6.61 Å². The van der Waals surface area contributed by atoms with E-state index in [1.54, 1.807) is 0 Å². The largest absolute Gasteiger partial charge is 0.508 e. The molecule has 3 heteroatoms. The van der Waals surface area contributed by atoms with Crippen molar-refractivity contribution in [3.05, 3.63) is 28.8 Å². The molecule has 3 nitrogen and oxygen atoms in total. The molecule has 2 fully saturated rings. The first-order valence-electron chi connectivity index (χ1n) is 10.1. The highest BCUT2D eigenvalue weighted by Gasteiger charge is 2.55. The topological polar surface area (TPSA) is 60.7 Å². The average Bonchev–Trinajstić information content (AvgIpc) is 2.97. The van der Waals surface area contributed by atoms with Gasteiger partial charge in [-0.25, -0.2) is 0 Å². The summed E-state index contributed by atoms with van der Waals surface area (Å²) in [5.74, 6) is 3.36. The maximum atomic E-state index is 10.1. The smallest absolute Gasteiger partial charge is 0.121 e. The lowest BCUT2D eigenvalue weighted by molar-refractivity contribution is 0.00153. The molecule has 0 spiro atoms. The van der Waals surface area contributed by atoms with Crippen molar-refractivity contribution in [3.63, 3.8) is 0 Å². The molecule has 0 aromatic heterocycles. The first kappa shape index (κ1) is 17.4. The van der Waals surface area contributed by atoms with Crippen molar-refractivity contribution in [2.75, 3.05) is 6.61 Å². The van der Waals surface area contributed by atoms with Crippen molar-refractivity contribution in [3.8, 4) is 5.75 Å². The van der Waals surface area contributed by atoms with Crippen molar-refractivity contribution in [2.45, 2.75) is 64.9 Å². The number of hydrogen-bond acceptors (Lipinski definition) is 3. The summed E-state index contributed by atoms with van der Waals surface area (Å²) in [6, 6.07) is 3.98. The fourth-order valence-electron chi connectivity index (χ4n) is 6.88. The molecule has 6 atom stereocenters. The van der Waals surface area contributed by atoms with Gasteiger partial charge in [-0.1, -0.05) is 13.8 Å². The van der Waals surface area contributed by atoms with Crippen molar-refractivity contribution < 1.29 is 15.3 Å². The van der Waals surface area contributed by atoms with Gasteiger partial charge in [0.25, 0.3) is 0 Å². The third-order valence-electron chi connectivity index (χ3n) is 8.14. The number of hydrogen-bond donors (Lipinski definition) is 3. The quantitative estimate of drug-likeness (QED) is 0.777. The monoisotopic (exact) mass is 344 g/mol. The number of aliphatic hydroxyl groups is 2. The molecule has 4 rings (SSSR count). The van der Waals surface area contributed by atoms with Crippen LogP contribution in [-0.2, 0) is 13.0 Å². The second kappa shape index (κ2) is 6.28. The number of aryl methyl sites for hydroxylation is 1. The second-order valence-corrected chi connectivity index (χ2v) is 9.14. The van der Waals surface area contributed by atoms with E-state index < -0.39 is 0 Å². The molecule has 25 heavy (non-hydrogen) atoms. The lowest BCUT2D eigenvalue weighted by Gasteiger charge is -2.52. The molecule has 0 heterocycles. The van der Waals surface area contributed by atoms with E-state index >= 15 is 0 Å². The minimum Gasteiger partial charge on any atom is -0.508 e. The molecule has 0 unspecified atom stereocenters. The number of phenols is 1. The average molecular weight is 344 g/mol. The molecule has 3 aliphatic carbocycles. The summed E-state index contributed by atoms with van der Waals surface area (Å²) in [6.45, 7) is 4.93. The molecular weight excluding hydrogens is 312 g/mol. The maximum Gasteiger partial charge on any atom is 0.121 e. The molecule has 3 aliphatic rings. The number of benzene rings is 1. The van der Waals surface area contributed by atoms with E-state index in [2.05, 4.69) is 19.9 Å². The van der Waals surface area contributed by atoms with Crippen molar-refractivity contribution >= 4 is 0 Å². The predicted octanol–water partition coefficient (Wildman–Crippen LogP) is 3.99. The van der Waals surface area contributed by atoms with Crippen LogP contribution >= 0.6 is 0 Å². The van der Waals surface area contributed by atoms with E-state index in [4.69, 9.17) is 0 Å². The van der Waals surface area contributed by atoms with Crippen molar-refractivity contribution in [1.29, 1.82) is 0 Å². The summed E-state index contributed by atoms with van der Waals surface area (Å²) in [5, 5.41) is 29.3. The summed E-state index contributed by atoms with van der Waals surface area (Å²) in [7, 11) is 0. The maximum absolute atomic E-state index is 10.1. The summed E-state index contributed by atoms with van der Waals surface area (Å²) in [4.78, 5) is 0. The van der Waals surface area contributed by atoms with Gasteiger partial charge in [0.15, 0.2) is 0 Å². The first-order chi connectivity index (χ1) is 12.0. The van der Waals surface area contributed by atoms with Crippen LogP contribution in [0.15, 0.2) is 12.1 Å². The molecule has 3 N–H and O–H groups in total. The standard InChI is InChI=1S/C22H32O3/c1-13(11-23)19-5-6-20-17-4-3-14-10-21(25)15(12-24)9-18(14)16(17)7-8-22(19,20)2/h9-10,13,16-17,19-20,23-25H,3-8,11-12H2,1-2H3/t13-,16+,17-,19-,20+,22-/m1/s1. The minimum absolute atomic E-state index is 0.0896. The Morgan fingerprint density at radius 3 is 2.68 bits per heavy atom. The van der Waals surface area contributed by atoms with Gasteiger partial charge in [-0.2, -0.15) is 0 Å². The Kier molecular flexibility index (Phi) is 4.36. The fraction of sp³-hybridized carbons (Fsp3) is 0.727. The molecule has 1 aromatic carbocycles. The zero-order valence-electron chi connectivity index (χ0n) is 15.5. The predicted molar refractivity (Wildman–Crippen MR) is 98.4 cm³/mol. The Morgan fingerprint density at radius 2 is 1.96 bits per heavy atom. The highest BCUT2D eigenvalue weighted by atomic mass is 16.3. The zero-order valence-corrected chi connectivity index (χ0v) is 15.5. The number of fused-ring (bicyclic) bond motifs is 5. The van der Waals surface area contributed by atoms with Gasteiger partial charge in [-0.3, -0.25) is 0 Å². The van der Waals surface area contributed by atoms with Gasteiger partial charge >= 0.3 is 0 Å². The van der Waals surface area contributed by atoms with Crippen LogP contribution in [0, 0.1) is 29.1 Å². The van der Waals surface area contributed by atoms with Gasteiger partial charge < -0.3 is 15.3 Å². The number of rotatable bonds is 3. The number of aromatic hydroxyl groups is 1. The van der Waals surface area contributed by atoms with E-state index in [1.165, 1.54) is 43.2 Å². The normalized spacial score (nSPS) is 37.9. The van der Waals surface area contributed by atoms with Crippen LogP contribution in [0.25, 0.3) is 0 Å². The van der Waals surface area contributed by atoms with Crippen LogP contribution in [0.4, 0.5) is 0 Å². The molecule has 0 saturated heterocycles. The van der Waals surface area contributed by atoms with Gasteiger partial charge in [0.1, 0.15) is 5.75 Å². The second-order valence-electron chi connectivity index (χ2n) is 9.14. The third kappa shape index (κ3) is 2.54. The highest BCUT2D eigenvalue weighted by Crippen LogP contribution is 2.64. The molecular formula is C22H32O3. The minimum atomic E-state index is -0.0896. The molecule has 138 valence electrons. The first-order valence-corrected chi connectivity index (χ1v) is 10.1. The highest BCUT2D eigenvalue weighted by molar-refractivity contribution is 5.45. The molecule has 0 bridgehead atoms. The lowest BCUT2D eigenvalue weighted by atomic mass is 9.53. The van der Waals surface area contributed by atoms with Gasteiger partial charge in [-0.15, -0.1) is 0 Å². The van der Waals surface area contributed by atoms with Crippen LogP contribution in [0.5, 0.6) is 5.75 Å². The van der Waals surface area contributed by atoms with E-state index in [0.717, 1.165) is 18.3 Å². The molecule has 0 amide bonds.